The van der Waals surface area contributed by atoms with E-state index in [0.717, 1.165) is 16.7 Å². The molecule has 3 nitrogen and oxygen atoms in total. The summed E-state index contributed by atoms with van der Waals surface area (Å²) in [5, 5.41) is 19.2. The van der Waals surface area contributed by atoms with Crippen LogP contribution in [-0.2, 0) is 0 Å². The lowest BCUT2D eigenvalue weighted by Crippen LogP contribution is -1.88. The molecule has 4 heteroatoms. The molecule has 2 aromatic rings. The number of phenolic OH excluding ortho intramolecular Hbond substituents is 1. The first-order valence-electron chi connectivity index (χ1n) is 6.30. The molecule has 2 aromatic carbocycles. The Morgan fingerprint density at radius 1 is 1.29 bits per heavy atom. The molecule has 0 saturated heterocycles. The van der Waals surface area contributed by atoms with E-state index in [9.17, 15) is 10.4 Å². The Morgan fingerprint density at radius 2 is 1.95 bits per heavy atom. The standard InChI is InChI=1S/C17H14INO2/c1-11-3-5-13(6-4-11)14(10-19)7-12-8-15(18)17(20)16(9-12)21-2/h3-9,20H,1-2H3/b14-7-. The number of allylic oxidation sites excluding steroid dienone is 1. The molecular weight excluding hydrogens is 377 g/mol. The number of aromatic hydroxyl groups is 1. The molecule has 0 fully saturated rings. The van der Waals surface area contributed by atoms with E-state index in [1.807, 2.05) is 59.8 Å². The van der Waals surface area contributed by atoms with Gasteiger partial charge in [0, 0.05) is 0 Å². The van der Waals surface area contributed by atoms with Crippen molar-refractivity contribution in [2.45, 2.75) is 6.92 Å². The molecule has 21 heavy (non-hydrogen) atoms. The number of hydrogen-bond acceptors (Lipinski definition) is 3. The minimum atomic E-state index is 0.115. The molecular formula is C17H14INO2. The van der Waals surface area contributed by atoms with Gasteiger partial charge in [-0.2, -0.15) is 5.26 Å². The zero-order chi connectivity index (χ0) is 15.4. The summed E-state index contributed by atoms with van der Waals surface area (Å²) in [6, 6.07) is 13.5. The lowest BCUT2D eigenvalue weighted by molar-refractivity contribution is 0.371. The quantitative estimate of drug-likeness (QED) is 0.480. The van der Waals surface area contributed by atoms with Crippen molar-refractivity contribution in [3.05, 3.63) is 56.7 Å². The van der Waals surface area contributed by atoms with E-state index in [1.165, 1.54) is 7.11 Å². The largest absolute Gasteiger partial charge is 0.504 e. The normalized spacial score (nSPS) is 11.0. The van der Waals surface area contributed by atoms with Gasteiger partial charge in [0.2, 0.25) is 0 Å². The number of halogens is 1. The minimum absolute atomic E-state index is 0.115. The number of nitriles is 1. The molecule has 0 amide bonds. The fraction of sp³-hybridized carbons (Fsp3) is 0.118. The van der Waals surface area contributed by atoms with Gasteiger partial charge in [-0.25, -0.2) is 0 Å². The van der Waals surface area contributed by atoms with Crippen molar-refractivity contribution in [2.75, 3.05) is 7.11 Å². The van der Waals surface area contributed by atoms with Crippen molar-refractivity contribution in [2.24, 2.45) is 0 Å². The Kier molecular flexibility index (Phi) is 4.86. The molecule has 0 unspecified atom stereocenters. The van der Waals surface area contributed by atoms with E-state index in [0.29, 0.717) is 14.9 Å². The summed E-state index contributed by atoms with van der Waals surface area (Å²) in [6.45, 7) is 2.01. The smallest absolute Gasteiger partial charge is 0.171 e. The number of benzene rings is 2. The summed E-state index contributed by atoms with van der Waals surface area (Å²) in [6.07, 6.45) is 1.79. The van der Waals surface area contributed by atoms with Crippen LogP contribution in [0.4, 0.5) is 0 Å². The third-order valence-electron chi connectivity index (χ3n) is 3.06. The van der Waals surface area contributed by atoms with Gasteiger partial charge in [0.1, 0.15) is 0 Å². The molecule has 2 rings (SSSR count). The van der Waals surface area contributed by atoms with E-state index >= 15 is 0 Å². The maximum atomic E-state index is 9.84. The molecule has 0 saturated carbocycles. The summed E-state index contributed by atoms with van der Waals surface area (Å²) in [5.41, 5.74) is 3.40. The molecule has 106 valence electrons. The fourth-order valence-electron chi connectivity index (χ4n) is 1.91. The van der Waals surface area contributed by atoms with Crippen LogP contribution >= 0.6 is 22.6 Å². The Labute approximate surface area is 137 Å². The van der Waals surface area contributed by atoms with Crippen LogP contribution < -0.4 is 4.74 Å². The zero-order valence-electron chi connectivity index (χ0n) is 11.7. The summed E-state index contributed by atoms with van der Waals surface area (Å²) in [5.74, 6) is 0.512. The van der Waals surface area contributed by atoms with Gasteiger partial charge in [-0.05, 0) is 58.9 Å². The molecule has 1 N–H and O–H groups in total. The summed E-state index contributed by atoms with van der Waals surface area (Å²) in [7, 11) is 1.50. The maximum Gasteiger partial charge on any atom is 0.171 e. The molecule has 0 spiro atoms. The van der Waals surface area contributed by atoms with Crippen LogP contribution in [0.5, 0.6) is 11.5 Å². The highest BCUT2D eigenvalue weighted by atomic mass is 127. The summed E-state index contributed by atoms with van der Waals surface area (Å²) in [4.78, 5) is 0. The monoisotopic (exact) mass is 391 g/mol. The molecule has 0 radical (unpaired) electrons. The van der Waals surface area contributed by atoms with Crippen LogP contribution in [0.15, 0.2) is 36.4 Å². The number of methoxy groups -OCH3 is 1. The van der Waals surface area contributed by atoms with Crippen LogP contribution in [0, 0.1) is 21.8 Å². The molecule has 0 aromatic heterocycles. The maximum absolute atomic E-state index is 9.84. The van der Waals surface area contributed by atoms with Gasteiger partial charge in [0.05, 0.1) is 22.3 Å². The van der Waals surface area contributed by atoms with Crippen molar-refractivity contribution in [3.63, 3.8) is 0 Å². The average Bonchev–Trinajstić information content (AvgIpc) is 2.49. The number of phenols is 1. The summed E-state index contributed by atoms with van der Waals surface area (Å²) < 4.78 is 5.82. The molecule has 0 aliphatic carbocycles. The first kappa shape index (κ1) is 15.4. The molecule has 0 atom stereocenters. The fourth-order valence-corrected chi connectivity index (χ4v) is 2.54. The molecule has 0 heterocycles. The van der Waals surface area contributed by atoms with Gasteiger partial charge in [-0.1, -0.05) is 29.8 Å². The molecule has 0 aliphatic heterocycles. The van der Waals surface area contributed by atoms with E-state index in [-0.39, 0.29) is 5.75 Å². The third-order valence-corrected chi connectivity index (χ3v) is 3.89. The number of aryl methyl sites for hydroxylation is 1. The topological polar surface area (TPSA) is 53.2 Å². The number of ether oxygens (including phenoxy) is 1. The van der Waals surface area contributed by atoms with Crippen LogP contribution in [-0.4, -0.2) is 12.2 Å². The lowest BCUT2D eigenvalue weighted by Gasteiger charge is -2.07. The van der Waals surface area contributed by atoms with Gasteiger partial charge >= 0.3 is 0 Å². The van der Waals surface area contributed by atoms with Gasteiger partial charge < -0.3 is 9.84 Å². The second-order valence-electron chi connectivity index (χ2n) is 4.59. The highest BCUT2D eigenvalue weighted by molar-refractivity contribution is 14.1. The Hall–Kier alpha value is -2.00. The Bertz CT molecular complexity index is 728. The summed E-state index contributed by atoms with van der Waals surface area (Å²) >= 11 is 2.03. The molecule has 0 bridgehead atoms. The second kappa shape index (κ2) is 6.64. The van der Waals surface area contributed by atoms with Gasteiger partial charge in [-0.3, -0.25) is 0 Å². The van der Waals surface area contributed by atoms with Gasteiger partial charge in [0.25, 0.3) is 0 Å². The number of hydrogen-bond donors (Lipinski definition) is 1. The van der Waals surface area contributed by atoms with Crippen LogP contribution in [0.2, 0.25) is 0 Å². The highest BCUT2D eigenvalue weighted by Gasteiger charge is 2.08. The van der Waals surface area contributed by atoms with Gasteiger partial charge in [0.15, 0.2) is 11.5 Å². The van der Waals surface area contributed by atoms with Crippen LogP contribution in [0.3, 0.4) is 0 Å². The second-order valence-corrected chi connectivity index (χ2v) is 5.75. The predicted molar refractivity (Wildman–Crippen MR) is 92.0 cm³/mol. The average molecular weight is 391 g/mol. The zero-order valence-corrected chi connectivity index (χ0v) is 13.9. The van der Waals surface area contributed by atoms with Crippen LogP contribution in [0.1, 0.15) is 16.7 Å². The van der Waals surface area contributed by atoms with Crippen molar-refractivity contribution in [3.8, 4) is 17.6 Å². The Morgan fingerprint density at radius 3 is 2.52 bits per heavy atom. The van der Waals surface area contributed by atoms with Crippen molar-refractivity contribution < 1.29 is 9.84 Å². The first-order chi connectivity index (χ1) is 10.0. The third kappa shape index (κ3) is 3.56. The van der Waals surface area contributed by atoms with Crippen molar-refractivity contribution >= 4 is 34.2 Å². The van der Waals surface area contributed by atoms with E-state index in [1.54, 1.807) is 12.1 Å². The Balaban J connectivity index is 2.48. The predicted octanol–water partition coefficient (Wildman–Crippen LogP) is 4.38. The van der Waals surface area contributed by atoms with Crippen molar-refractivity contribution in [1.29, 1.82) is 5.26 Å². The van der Waals surface area contributed by atoms with Gasteiger partial charge in [-0.15, -0.1) is 0 Å². The van der Waals surface area contributed by atoms with E-state index < -0.39 is 0 Å². The van der Waals surface area contributed by atoms with Crippen LogP contribution in [0.25, 0.3) is 11.6 Å². The van der Waals surface area contributed by atoms with E-state index in [4.69, 9.17) is 4.74 Å². The highest BCUT2D eigenvalue weighted by Crippen LogP contribution is 2.33. The SMILES string of the molecule is COc1cc(/C=C(/C#N)c2ccc(C)cc2)cc(I)c1O. The number of nitrogens with zero attached hydrogens (tertiary/aromatic N) is 1. The first-order valence-corrected chi connectivity index (χ1v) is 7.38. The molecule has 0 aliphatic rings. The van der Waals surface area contributed by atoms with E-state index in [2.05, 4.69) is 6.07 Å². The number of rotatable bonds is 3. The minimum Gasteiger partial charge on any atom is -0.504 e. The van der Waals surface area contributed by atoms with Crippen molar-refractivity contribution in [1.82, 2.24) is 0 Å². The lowest BCUT2D eigenvalue weighted by atomic mass is 10.0.